The van der Waals surface area contributed by atoms with Crippen LogP contribution in [-0.2, 0) is 4.79 Å². The maximum Gasteiger partial charge on any atom is 0.331 e. The molecule has 0 heterocycles. The lowest BCUT2D eigenvalue weighted by molar-refractivity contribution is -0.132. The summed E-state index contributed by atoms with van der Waals surface area (Å²) in [5.41, 5.74) is 1.35. The second-order valence-corrected chi connectivity index (χ2v) is 4.25. The van der Waals surface area contributed by atoms with E-state index in [4.69, 9.17) is 5.11 Å². The maximum absolute atomic E-state index is 11.0. The van der Waals surface area contributed by atoms with Crippen LogP contribution in [0.1, 0.15) is 12.0 Å². The average molecular weight is 234 g/mol. The molecule has 0 aliphatic heterocycles. The molecule has 0 unspecified atom stereocenters. The quantitative estimate of drug-likeness (QED) is 0.605. The van der Waals surface area contributed by atoms with Gasteiger partial charge in [-0.3, -0.25) is 0 Å². The van der Waals surface area contributed by atoms with Crippen LogP contribution in [-0.4, -0.2) is 16.8 Å². The molecule has 1 rings (SSSR count). The van der Waals surface area contributed by atoms with Crippen molar-refractivity contribution in [3.8, 4) is 0 Å². The summed E-state index contributed by atoms with van der Waals surface area (Å²) in [7, 11) is 0. The largest absolute Gasteiger partial charge is 0.478 e. The summed E-state index contributed by atoms with van der Waals surface area (Å²) in [4.78, 5) is 11.0. The van der Waals surface area contributed by atoms with Crippen molar-refractivity contribution in [3.63, 3.8) is 0 Å². The van der Waals surface area contributed by atoms with E-state index < -0.39 is 5.97 Å². The molecule has 0 amide bonds. The van der Waals surface area contributed by atoms with Crippen LogP contribution in [0.5, 0.6) is 0 Å². The molecule has 3 heteroatoms. The Labute approximate surface area is 99.7 Å². The zero-order valence-electron chi connectivity index (χ0n) is 8.93. The fourth-order valence-electron chi connectivity index (χ4n) is 1.24. The predicted molar refractivity (Wildman–Crippen MR) is 69.3 cm³/mol. The zero-order chi connectivity index (χ0) is 11.8. The van der Waals surface area contributed by atoms with Crippen molar-refractivity contribution in [2.75, 3.05) is 5.75 Å². The third-order valence-corrected chi connectivity index (χ3v) is 2.70. The van der Waals surface area contributed by atoms with Gasteiger partial charge in [0.15, 0.2) is 0 Å². The fourth-order valence-corrected chi connectivity index (χ4v) is 1.75. The fraction of sp³-hybridized carbons (Fsp3) is 0.154. The second kappa shape index (κ2) is 6.90. The molecule has 0 aliphatic rings. The number of benzene rings is 1. The Hall–Kier alpha value is -1.48. The molecule has 0 aliphatic carbocycles. The molecule has 1 N–H and O–H groups in total. The van der Waals surface area contributed by atoms with Crippen LogP contribution in [0.3, 0.4) is 0 Å². The number of carboxylic acids is 1. The Morgan fingerprint density at radius 2 is 2.06 bits per heavy atom. The Morgan fingerprint density at radius 3 is 2.62 bits per heavy atom. The van der Waals surface area contributed by atoms with Gasteiger partial charge >= 0.3 is 5.97 Å². The van der Waals surface area contributed by atoms with Gasteiger partial charge in [0.2, 0.25) is 0 Å². The van der Waals surface area contributed by atoms with E-state index in [9.17, 15) is 4.79 Å². The first-order valence-corrected chi connectivity index (χ1v) is 6.00. The van der Waals surface area contributed by atoms with E-state index in [1.54, 1.807) is 11.5 Å². The van der Waals surface area contributed by atoms with Crippen molar-refractivity contribution in [1.82, 2.24) is 0 Å². The van der Waals surface area contributed by atoms with Crippen molar-refractivity contribution in [2.45, 2.75) is 6.42 Å². The molecule has 0 saturated carbocycles. The minimum atomic E-state index is -0.853. The van der Waals surface area contributed by atoms with E-state index in [2.05, 4.69) is 6.58 Å². The highest BCUT2D eigenvalue weighted by molar-refractivity contribution is 8.02. The first kappa shape index (κ1) is 12.6. The average Bonchev–Trinajstić information content (AvgIpc) is 2.29. The molecule has 0 aromatic heterocycles. The summed E-state index contributed by atoms with van der Waals surface area (Å²) in [5.74, 6) is -0.109. The van der Waals surface area contributed by atoms with Crippen LogP contribution >= 0.6 is 11.8 Å². The van der Waals surface area contributed by atoms with Gasteiger partial charge in [0, 0.05) is 11.3 Å². The molecule has 0 radical (unpaired) electrons. The second-order valence-electron chi connectivity index (χ2n) is 3.17. The smallest absolute Gasteiger partial charge is 0.331 e. The summed E-state index contributed by atoms with van der Waals surface area (Å²) < 4.78 is 0. The van der Waals surface area contributed by atoms with Crippen LogP contribution in [0.4, 0.5) is 0 Å². The molecular weight excluding hydrogens is 220 g/mol. The predicted octanol–water partition coefficient (Wildman–Crippen LogP) is 3.42. The van der Waals surface area contributed by atoms with Crippen molar-refractivity contribution in [2.24, 2.45) is 0 Å². The maximum atomic E-state index is 11.0. The first-order valence-electron chi connectivity index (χ1n) is 4.95. The van der Waals surface area contributed by atoms with Gasteiger partial charge in [-0.25, -0.2) is 4.79 Å². The van der Waals surface area contributed by atoms with Gasteiger partial charge in [-0.15, -0.1) is 11.8 Å². The van der Waals surface area contributed by atoms with Crippen molar-refractivity contribution in [3.05, 3.63) is 53.5 Å². The molecule has 1 aromatic rings. The highest BCUT2D eigenvalue weighted by Crippen LogP contribution is 2.13. The summed E-state index contributed by atoms with van der Waals surface area (Å²) in [6.07, 6.45) is 2.26. The lowest BCUT2D eigenvalue weighted by atomic mass is 10.1. The van der Waals surface area contributed by atoms with E-state index >= 15 is 0 Å². The normalized spacial score (nSPS) is 11.1. The number of carboxylic acid groups (broad SMARTS) is 1. The van der Waals surface area contributed by atoms with Gasteiger partial charge in [-0.1, -0.05) is 36.9 Å². The molecule has 0 spiro atoms. The van der Waals surface area contributed by atoms with Gasteiger partial charge in [0.1, 0.15) is 0 Å². The minimum absolute atomic E-state index is 0.431. The van der Waals surface area contributed by atoms with E-state index in [0.29, 0.717) is 12.0 Å². The van der Waals surface area contributed by atoms with Crippen molar-refractivity contribution >= 4 is 23.8 Å². The van der Waals surface area contributed by atoms with Crippen LogP contribution in [0.15, 0.2) is 47.9 Å². The Balaban J connectivity index is 2.73. The zero-order valence-corrected chi connectivity index (χ0v) is 9.74. The van der Waals surface area contributed by atoms with Crippen molar-refractivity contribution < 1.29 is 9.90 Å². The summed E-state index contributed by atoms with van der Waals surface area (Å²) >= 11 is 1.52. The lowest BCUT2D eigenvalue weighted by Crippen LogP contribution is -2.01. The van der Waals surface area contributed by atoms with Crippen LogP contribution in [0.25, 0.3) is 6.08 Å². The summed E-state index contributed by atoms with van der Waals surface area (Å²) in [5, 5.41) is 10.8. The molecule has 0 saturated heterocycles. The summed E-state index contributed by atoms with van der Waals surface area (Å²) in [6, 6.07) is 9.48. The third-order valence-electron chi connectivity index (χ3n) is 2.02. The van der Waals surface area contributed by atoms with Gasteiger partial charge in [0.05, 0.1) is 0 Å². The first-order chi connectivity index (χ1) is 7.74. The van der Waals surface area contributed by atoms with Crippen LogP contribution < -0.4 is 0 Å². The lowest BCUT2D eigenvalue weighted by Gasteiger charge is -2.01. The van der Waals surface area contributed by atoms with E-state index in [1.807, 2.05) is 30.3 Å². The number of hydrogen-bond donors (Lipinski definition) is 1. The number of carbonyl (C=O) groups is 1. The molecule has 84 valence electrons. The number of aliphatic carboxylic acids is 1. The summed E-state index contributed by atoms with van der Waals surface area (Å²) in [6.45, 7) is 3.58. The van der Waals surface area contributed by atoms with Gasteiger partial charge in [0.25, 0.3) is 0 Å². The van der Waals surface area contributed by atoms with Gasteiger partial charge < -0.3 is 5.11 Å². The Bertz CT molecular complexity index is 382. The number of hydrogen-bond acceptors (Lipinski definition) is 2. The molecular formula is C13H14O2S. The van der Waals surface area contributed by atoms with E-state index in [0.717, 1.165) is 11.3 Å². The van der Waals surface area contributed by atoms with E-state index in [-0.39, 0.29) is 0 Å². The van der Waals surface area contributed by atoms with Crippen LogP contribution in [0.2, 0.25) is 0 Å². The van der Waals surface area contributed by atoms with Gasteiger partial charge in [-0.2, -0.15) is 0 Å². The molecule has 2 nitrogen and oxygen atoms in total. The standard InChI is InChI=1S/C13H14O2S/c1-2-16-9-8-12(13(14)15)10-11-6-4-3-5-7-11/h2-7,10H,1,8-9H2,(H,14,15). The molecule has 1 aromatic carbocycles. The number of thioether (sulfide) groups is 1. The Kier molecular flexibility index (Phi) is 5.43. The van der Waals surface area contributed by atoms with E-state index in [1.165, 1.54) is 11.8 Å². The van der Waals surface area contributed by atoms with Crippen molar-refractivity contribution in [1.29, 1.82) is 0 Å². The molecule has 0 bridgehead atoms. The topological polar surface area (TPSA) is 37.3 Å². The molecule has 0 atom stereocenters. The SMILES string of the molecule is C=CSCCC(=Cc1ccccc1)C(=O)O. The van der Waals surface area contributed by atoms with Crippen LogP contribution in [0, 0.1) is 0 Å². The Morgan fingerprint density at radius 1 is 1.38 bits per heavy atom. The number of rotatable bonds is 6. The highest BCUT2D eigenvalue weighted by atomic mass is 32.2. The van der Waals surface area contributed by atoms with Gasteiger partial charge in [-0.05, 0) is 23.5 Å². The third kappa shape index (κ3) is 4.36. The monoisotopic (exact) mass is 234 g/mol. The minimum Gasteiger partial charge on any atom is -0.478 e. The molecule has 16 heavy (non-hydrogen) atoms. The highest BCUT2D eigenvalue weighted by Gasteiger charge is 2.06. The molecule has 0 fully saturated rings.